The van der Waals surface area contributed by atoms with Crippen LogP contribution in [0.1, 0.15) is 24.1 Å². The van der Waals surface area contributed by atoms with E-state index in [1.165, 1.54) is 5.56 Å². The highest BCUT2D eigenvalue weighted by Gasteiger charge is 2.35. The van der Waals surface area contributed by atoms with E-state index in [-0.39, 0.29) is 18.6 Å². The molecule has 0 aromatic heterocycles. The SMILES string of the molecule is CCc1ccc(C2CN(CC#N)C(=O)N2C)cc1. The van der Waals surface area contributed by atoms with Crippen molar-refractivity contribution in [2.24, 2.45) is 0 Å². The number of nitrogens with zero attached hydrogens (tertiary/aromatic N) is 3. The van der Waals surface area contributed by atoms with Gasteiger partial charge in [-0.05, 0) is 17.5 Å². The minimum Gasteiger partial charge on any atom is -0.319 e. The van der Waals surface area contributed by atoms with Gasteiger partial charge in [0, 0.05) is 13.6 Å². The van der Waals surface area contributed by atoms with Crippen LogP contribution in [-0.4, -0.2) is 36.0 Å². The molecule has 4 nitrogen and oxygen atoms in total. The van der Waals surface area contributed by atoms with Crippen molar-refractivity contribution >= 4 is 6.03 Å². The molecule has 1 aliphatic rings. The molecule has 0 aliphatic carbocycles. The van der Waals surface area contributed by atoms with Gasteiger partial charge in [0.15, 0.2) is 0 Å². The normalized spacial score (nSPS) is 19.2. The van der Waals surface area contributed by atoms with Crippen LogP contribution in [0.4, 0.5) is 4.79 Å². The first-order valence-corrected chi connectivity index (χ1v) is 6.15. The number of carbonyl (C=O) groups excluding carboxylic acids is 1. The standard InChI is InChI=1S/C14H17N3O/c1-3-11-4-6-12(7-5-11)13-10-17(9-8-15)14(18)16(13)2/h4-7,13H,3,9-10H2,1-2H3. The third kappa shape index (κ3) is 2.17. The maximum absolute atomic E-state index is 11.9. The zero-order valence-electron chi connectivity index (χ0n) is 10.8. The van der Waals surface area contributed by atoms with E-state index in [1.807, 2.05) is 6.07 Å². The molecule has 4 heteroatoms. The summed E-state index contributed by atoms with van der Waals surface area (Å²) in [4.78, 5) is 15.2. The van der Waals surface area contributed by atoms with Gasteiger partial charge in [-0.3, -0.25) is 0 Å². The Hall–Kier alpha value is -2.02. The average Bonchev–Trinajstić information content (AvgIpc) is 2.68. The lowest BCUT2D eigenvalue weighted by molar-refractivity contribution is 0.199. The molecule has 1 fully saturated rings. The van der Waals surface area contributed by atoms with E-state index in [9.17, 15) is 4.79 Å². The second-order valence-electron chi connectivity index (χ2n) is 4.54. The molecule has 1 saturated heterocycles. The van der Waals surface area contributed by atoms with Gasteiger partial charge in [-0.1, -0.05) is 31.2 Å². The van der Waals surface area contributed by atoms with Crippen LogP contribution in [0.3, 0.4) is 0 Å². The van der Waals surface area contributed by atoms with Crippen LogP contribution in [0.15, 0.2) is 24.3 Å². The fourth-order valence-corrected chi connectivity index (χ4v) is 2.29. The number of hydrogen-bond acceptors (Lipinski definition) is 2. The summed E-state index contributed by atoms with van der Waals surface area (Å²) >= 11 is 0. The second kappa shape index (κ2) is 5.09. The highest BCUT2D eigenvalue weighted by atomic mass is 16.2. The van der Waals surface area contributed by atoms with Crippen molar-refractivity contribution in [1.29, 1.82) is 5.26 Å². The highest BCUT2D eigenvalue weighted by molar-refractivity contribution is 5.77. The number of benzene rings is 1. The van der Waals surface area contributed by atoms with Gasteiger partial charge in [0.2, 0.25) is 0 Å². The number of carbonyl (C=O) groups is 1. The van der Waals surface area contributed by atoms with E-state index >= 15 is 0 Å². The summed E-state index contributed by atoms with van der Waals surface area (Å²) in [7, 11) is 1.79. The fourth-order valence-electron chi connectivity index (χ4n) is 2.29. The molecule has 1 unspecified atom stereocenters. The molecule has 0 radical (unpaired) electrons. The minimum absolute atomic E-state index is 0.0526. The number of aryl methyl sites for hydroxylation is 1. The third-order valence-electron chi connectivity index (χ3n) is 3.47. The Labute approximate surface area is 107 Å². The van der Waals surface area contributed by atoms with E-state index in [0.717, 1.165) is 12.0 Å². The molecule has 2 rings (SSSR count). The second-order valence-corrected chi connectivity index (χ2v) is 4.54. The van der Waals surface area contributed by atoms with E-state index in [1.54, 1.807) is 16.8 Å². The Kier molecular flexibility index (Phi) is 3.52. The van der Waals surface area contributed by atoms with Gasteiger partial charge in [0.25, 0.3) is 0 Å². The Balaban J connectivity index is 2.18. The monoisotopic (exact) mass is 243 g/mol. The molecule has 1 atom stereocenters. The molecular weight excluding hydrogens is 226 g/mol. The Morgan fingerprint density at radius 3 is 2.61 bits per heavy atom. The summed E-state index contributed by atoms with van der Waals surface area (Å²) < 4.78 is 0. The summed E-state index contributed by atoms with van der Waals surface area (Å²) in [6.07, 6.45) is 1.01. The summed E-state index contributed by atoms with van der Waals surface area (Å²) in [6.45, 7) is 2.87. The minimum atomic E-state index is -0.0684. The molecule has 0 bridgehead atoms. The summed E-state index contributed by atoms with van der Waals surface area (Å²) in [6, 6.07) is 10.4. The van der Waals surface area contributed by atoms with Crippen molar-refractivity contribution in [3.05, 3.63) is 35.4 Å². The zero-order chi connectivity index (χ0) is 13.1. The first-order valence-electron chi connectivity index (χ1n) is 6.15. The summed E-state index contributed by atoms with van der Waals surface area (Å²) in [5.41, 5.74) is 2.42. The number of hydrogen-bond donors (Lipinski definition) is 0. The van der Waals surface area contributed by atoms with Gasteiger partial charge >= 0.3 is 6.03 Å². The van der Waals surface area contributed by atoms with Crippen molar-refractivity contribution in [2.75, 3.05) is 20.1 Å². The number of amides is 2. The maximum Gasteiger partial charge on any atom is 0.321 e. The molecule has 2 amide bonds. The van der Waals surface area contributed by atoms with Crippen molar-refractivity contribution in [3.63, 3.8) is 0 Å². The molecular formula is C14H17N3O. The van der Waals surface area contributed by atoms with Crippen LogP contribution in [0, 0.1) is 11.3 Å². The Morgan fingerprint density at radius 2 is 2.06 bits per heavy atom. The summed E-state index contributed by atoms with van der Waals surface area (Å²) in [5.74, 6) is 0. The van der Waals surface area contributed by atoms with Crippen molar-refractivity contribution in [2.45, 2.75) is 19.4 Å². The summed E-state index contributed by atoms with van der Waals surface area (Å²) in [5, 5.41) is 8.69. The molecule has 94 valence electrons. The average molecular weight is 243 g/mol. The fraction of sp³-hybridized carbons (Fsp3) is 0.429. The number of urea groups is 1. The van der Waals surface area contributed by atoms with Crippen molar-refractivity contribution < 1.29 is 4.79 Å². The molecule has 1 aromatic rings. The number of likely N-dealkylation sites (N-methyl/N-ethyl adjacent to an activating group) is 1. The smallest absolute Gasteiger partial charge is 0.319 e. The largest absolute Gasteiger partial charge is 0.321 e. The van der Waals surface area contributed by atoms with Crippen LogP contribution >= 0.6 is 0 Å². The molecule has 0 spiro atoms. The van der Waals surface area contributed by atoms with Crippen LogP contribution in [-0.2, 0) is 6.42 Å². The van der Waals surface area contributed by atoms with Gasteiger partial charge in [0.1, 0.15) is 6.54 Å². The lowest BCUT2D eigenvalue weighted by Gasteiger charge is -2.18. The highest BCUT2D eigenvalue weighted by Crippen LogP contribution is 2.27. The number of rotatable bonds is 3. The molecule has 1 heterocycles. The molecule has 1 aromatic carbocycles. The van der Waals surface area contributed by atoms with Crippen LogP contribution in [0.2, 0.25) is 0 Å². The van der Waals surface area contributed by atoms with Crippen LogP contribution < -0.4 is 0 Å². The predicted octanol–water partition coefficient (Wildman–Crippen LogP) is 2.18. The lowest BCUT2D eigenvalue weighted by Crippen LogP contribution is -2.29. The molecule has 0 N–H and O–H groups in total. The van der Waals surface area contributed by atoms with Crippen molar-refractivity contribution in [3.8, 4) is 6.07 Å². The Morgan fingerprint density at radius 1 is 1.39 bits per heavy atom. The predicted molar refractivity (Wildman–Crippen MR) is 68.9 cm³/mol. The van der Waals surface area contributed by atoms with Gasteiger partial charge in [-0.15, -0.1) is 0 Å². The quantitative estimate of drug-likeness (QED) is 0.764. The van der Waals surface area contributed by atoms with Crippen LogP contribution in [0.5, 0.6) is 0 Å². The number of nitriles is 1. The van der Waals surface area contributed by atoms with E-state index < -0.39 is 0 Å². The van der Waals surface area contributed by atoms with Gasteiger partial charge in [0.05, 0.1) is 12.1 Å². The van der Waals surface area contributed by atoms with E-state index in [4.69, 9.17) is 5.26 Å². The first kappa shape index (κ1) is 12.4. The van der Waals surface area contributed by atoms with Crippen LogP contribution in [0.25, 0.3) is 0 Å². The van der Waals surface area contributed by atoms with Crippen molar-refractivity contribution in [1.82, 2.24) is 9.80 Å². The first-order chi connectivity index (χ1) is 8.67. The topological polar surface area (TPSA) is 47.3 Å². The van der Waals surface area contributed by atoms with Gasteiger partial charge < -0.3 is 9.80 Å². The Bertz CT molecular complexity index is 475. The zero-order valence-corrected chi connectivity index (χ0v) is 10.8. The lowest BCUT2D eigenvalue weighted by atomic mass is 10.0. The van der Waals surface area contributed by atoms with Gasteiger partial charge in [-0.2, -0.15) is 5.26 Å². The maximum atomic E-state index is 11.9. The molecule has 0 saturated carbocycles. The van der Waals surface area contributed by atoms with Gasteiger partial charge in [-0.25, -0.2) is 4.79 Å². The molecule has 18 heavy (non-hydrogen) atoms. The molecule has 1 aliphatic heterocycles. The van der Waals surface area contributed by atoms with E-state index in [0.29, 0.717) is 6.54 Å². The van der Waals surface area contributed by atoms with E-state index in [2.05, 4.69) is 31.2 Å². The third-order valence-corrected chi connectivity index (χ3v) is 3.47.